The summed E-state index contributed by atoms with van der Waals surface area (Å²) in [4.78, 5) is 0. The Morgan fingerprint density at radius 2 is 2.19 bits per heavy atom. The van der Waals surface area contributed by atoms with E-state index in [0.29, 0.717) is 18.4 Å². The van der Waals surface area contributed by atoms with E-state index in [9.17, 15) is 4.39 Å². The van der Waals surface area contributed by atoms with Crippen LogP contribution in [0.2, 0.25) is 0 Å². The van der Waals surface area contributed by atoms with Gasteiger partial charge in [-0.25, -0.2) is 4.39 Å². The summed E-state index contributed by atoms with van der Waals surface area (Å²) in [6, 6.07) is 6.45. The fourth-order valence-electron chi connectivity index (χ4n) is 1.65. The van der Waals surface area contributed by atoms with Crippen molar-refractivity contribution in [1.82, 2.24) is 5.32 Å². The van der Waals surface area contributed by atoms with Crippen LogP contribution >= 0.6 is 0 Å². The highest BCUT2D eigenvalue weighted by atomic mass is 19.1. The van der Waals surface area contributed by atoms with Crippen molar-refractivity contribution >= 4 is 0 Å². The molecule has 1 atom stereocenters. The molecular formula is C12H16FNO2. The van der Waals surface area contributed by atoms with E-state index in [2.05, 4.69) is 5.32 Å². The number of ether oxygens (including phenoxy) is 2. The van der Waals surface area contributed by atoms with E-state index < -0.39 is 0 Å². The standard InChI is InChI=1S/C12H16FNO2/c13-10-1-3-12(4-2-10)16-7-5-11-9-15-8-6-14-11/h1-4,11,14H,5-9H2. The molecule has 0 radical (unpaired) electrons. The largest absolute Gasteiger partial charge is 0.494 e. The van der Waals surface area contributed by atoms with E-state index >= 15 is 0 Å². The number of hydrogen-bond donors (Lipinski definition) is 1. The summed E-state index contributed by atoms with van der Waals surface area (Å²) in [5, 5.41) is 3.35. The van der Waals surface area contributed by atoms with E-state index in [-0.39, 0.29) is 5.82 Å². The molecule has 0 amide bonds. The fraction of sp³-hybridized carbons (Fsp3) is 0.500. The van der Waals surface area contributed by atoms with Gasteiger partial charge in [-0.15, -0.1) is 0 Å². The first kappa shape index (κ1) is 11.4. The zero-order valence-corrected chi connectivity index (χ0v) is 9.12. The molecule has 16 heavy (non-hydrogen) atoms. The maximum atomic E-state index is 12.6. The van der Waals surface area contributed by atoms with Crippen LogP contribution < -0.4 is 10.1 Å². The summed E-state index contributed by atoms with van der Waals surface area (Å²) < 4.78 is 23.5. The van der Waals surface area contributed by atoms with Crippen molar-refractivity contribution in [1.29, 1.82) is 0 Å². The Morgan fingerprint density at radius 3 is 2.88 bits per heavy atom. The normalized spacial score (nSPS) is 20.7. The number of benzene rings is 1. The summed E-state index contributed by atoms with van der Waals surface area (Å²) >= 11 is 0. The Labute approximate surface area is 94.6 Å². The molecule has 0 spiro atoms. The van der Waals surface area contributed by atoms with Crippen LogP contribution in [0.5, 0.6) is 5.75 Å². The van der Waals surface area contributed by atoms with Crippen molar-refractivity contribution in [3.05, 3.63) is 30.1 Å². The SMILES string of the molecule is Fc1ccc(OCCC2COCCN2)cc1. The quantitative estimate of drug-likeness (QED) is 0.844. The zero-order valence-electron chi connectivity index (χ0n) is 9.12. The van der Waals surface area contributed by atoms with Crippen LogP contribution in [-0.4, -0.2) is 32.4 Å². The smallest absolute Gasteiger partial charge is 0.123 e. The van der Waals surface area contributed by atoms with Crippen molar-refractivity contribution in [3.63, 3.8) is 0 Å². The van der Waals surface area contributed by atoms with Crippen LogP contribution in [0.3, 0.4) is 0 Å². The van der Waals surface area contributed by atoms with Gasteiger partial charge in [0.25, 0.3) is 0 Å². The second-order valence-corrected chi connectivity index (χ2v) is 3.82. The summed E-state index contributed by atoms with van der Waals surface area (Å²) in [7, 11) is 0. The fourth-order valence-corrected chi connectivity index (χ4v) is 1.65. The molecule has 1 aliphatic rings. The second-order valence-electron chi connectivity index (χ2n) is 3.82. The average molecular weight is 225 g/mol. The highest BCUT2D eigenvalue weighted by molar-refractivity contribution is 5.21. The van der Waals surface area contributed by atoms with Gasteiger partial charge in [-0.1, -0.05) is 0 Å². The van der Waals surface area contributed by atoms with Gasteiger partial charge >= 0.3 is 0 Å². The van der Waals surface area contributed by atoms with E-state index in [1.165, 1.54) is 12.1 Å². The molecule has 0 bridgehead atoms. The second kappa shape index (κ2) is 5.82. The van der Waals surface area contributed by atoms with Gasteiger partial charge in [-0.05, 0) is 30.7 Å². The molecular weight excluding hydrogens is 209 g/mol. The van der Waals surface area contributed by atoms with E-state index in [1.807, 2.05) is 0 Å². The van der Waals surface area contributed by atoms with Crippen LogP contribution in [0.15, 0.2) is 24.3 Å². The van der Waals surface area contributed by atoms with Gasteiger partial charge in [-0.3, -0.25) is 0 Å². The topological polar surface area (TPSA) is 30.5 Å². The first-order valence-corrected chi connectivity index (χ1v) is 5.54. The van der Waals surface area contributed by atoms with Gasteiger partial charge in [0.1, 0.15) is 11.6 Å². The van der Waals surface area contributed by atoms with Crippen LogP contribution in [-0.2, 0) is 4.74 Å². The molecule has 1 unspecified atom stereocenters. The van der Waals surface area contributed by atoms with Gasteiger partial charge in [0.05, 0.1) is 19.8 Å². The lowest BCUT2D eigenvalue weighted by molar-refractivity contribution is 0.0691. The van der Waals surface area contributed by atoms with Gasteiger partial charge in [0.15, 0.2) is 0 Å². The van der Waals surface area contributed by atoms with Gasteiger partial charge in [-0.2, -0.15) is 0 Å². The highest BCUT2D eigenvalue weighted by Gasteiger charge is 2.12. The molecule has 88 valence electrons. The molecule has 1 saturated heterocycles. The lowest BCUT2D eigenvalue weighted by atomic mass is 10.2. The molecule has 1 aliphatic heterocycles. The third-order valence-corrected chi connectivity index (χ3v) is 2.55. The third kappa shape index (κ3) is 3.47. The van der Waals surface area contributed by atoms with Crippen molar-refractivity contribution in [3.8, 4) is 5.75 Å². The van der Waals surface area contributed by atoms with Crippen LogP contribution in [0, 0.1) is 5.82 Å². The van der Waals surface area contributed by atoms with Gasteiger partial charge < -0.3 is 14.8 Å². The first-order valence-electron chi connectivity index (χ1n) is 5.54. The van der Waals surface area contributed by atoms with E-state index in [4.69, 9.17) is 9.47 Å². The molecule has 0 aliphatic carbocycles. The first-order chi connectivity index (χ1) is 7.84. The van der Waals surface area contributed by atoms with Crippen molar-refractivity contribution in [2.24, 2.45) is 0 Å². The molecule has 1 heterocycles. The van der Waals surface area contributed by atoms with Crippen LogP contribution in [0.25, 0.3) is 0 Å². The minimum atomic E-state index is -0.241. The third-order valence-electron chi connectivity index (χ3n) is 2.55. The summed E-state index contributed by atoms with van der Waals surface area (Å²) in [5.74, 6) is 0.466. The Kier molecular flexibility index (Phi) is 4.13. The molecule has 2 rings (SSSR count). The minimum absolute atomic E-state index is 0.241. The zero-order chi connectivity index (χ0) is 11.2. The Hall–Kier alpha value is -1.13. The summed E-state index contributed by atoms with van der Waals surface area (Å²) in [6.07, 6.45) is 0.900. The minimum Gasteiger partial charge on any atom is -0.494 e. The number of rotatable bonds is 4. The predicted octanol–water partition coefficient (Wildman–Crippen LogP) is 1.58. The van der Waals surface area contributed by atoms with Gasteiger partial charge in [0.2, 0.25) is 0 Å². The average Bonchev–Trinajstić information content (AvgIpc) is 2.33. The Bertz CT molecular complexity index is 309. The number of halogens is 1. The van der Waals surface area contributed by atoms with Crippen LogP contribution in [0.1, 0.15) is 6.42 Å². The van der Waals surface area contributed by atoms with E-state index in [0.717, 1.165) is 26.2 Å². The Morgan fingerprint density at radius 1 is 1.38 bits per heavy atom. The highest BCUT2D eigenvalue weighted by Crippen LogP contribution is 2.11. The summed E-state index contributed by atoms with van der Waals surface area (Å²) in [5.41, 5.74) is 0. The van der Waals surface area contributed by atoms with Gasteiger partial charge in [0, 0.05) is 12.6 Å². The maximum absolute atomic E-state index is 12.6. The molecule has 3 nitrogen and oxygen atoms in total. The molecule has 1 aromatic rings. The molecule has 0 aromatic heterocycles. The predicted molar refractivity (Wildman–Crippen MR) is 59.1 cm³/mol. The molecule has 1 N–H and O–H groups in total. The Balaban J connectivity index is 1.69. The molecule has 4 heteroatoms. The lowest BCUT2D eigenvalue weighted by Gasteiger charge is -2.23. The molecule has 0 saturated carbocycles. The number of nitrogens with one attached hydrogen (secondary N) is 1. The molecule has 1 fully saturated rings. The monoisotopic (exact) mass is 225 g/mol. The van der Waals surface area contributed by atoms with Crippen LogP contribution in [0.4, 0.5) is 4.39 Å². The summed E-state index contributed by atoms with van der Waals surface area (Å²) in [6.45, 7) is 3.05. The number of morpholine rings is 1. The van der Waals surface area contributed by atoms with Crippen molar-refractivity contribution in [2.45, 2.75) is 12.5 Å². The van der Waals surface area contributed by atoms with Crippen molar-refractivity contribution in [2.75, 3.05) is 26.4 Å². The van der Waals surface area contributed by atoms with E-state index in [1.54, 1.807) is 12.1 Å². The lowest BCUT2D eigenvalue weighted by Crippen LogP contribution is -2.41. The van der Waals surface area contributed by atoms with Crippen molar-refractivity contribution < 1.29 is 13.9 Å². The molecule has 1 aromatic carbocycles. The number of hydrogen-bond acceptors (Lipinski definition) is 3. The maximum Gasteiger partial charge on any atom is 0.123 e.